The number of nitriles is 1. The van der Waals surface area contributed by atoms with Crippen molar-refractivity contribution in [2.45, 2.75) is 19.9 Å². The number of rotatable bonds is 6. The molecule has 0 bridgehead atoms. The molecule has 0 unspecified atom stereocenters. The Hall–Kier alpha value is -1.22. The fourth-order valence-corrected chi connectivity index (χ4v) is 1.38. The summed E-state index contributed by atoms with van der Waals surface area (Å²) in [6, 6.07) is 1.03. The molecule has 6 heteroatoms. The van der Waals surface area contributed by atoms with Crippen LogP contribution in [0.25, 0.3) is 0 Å². The predicted molar refractivity (Wildman–Crippen MR) is 57.3 cm³/mol. The number of nitrogens with zero attached hydrogens (tertiary/aromatic N) is 1. The normalized spacial score (nSPS) is 11.9. The minimum atomic E-state index is -1.04. The molecule has 0 radical (unpaired) electrons. The molecule has 0 fully saturated rings. The van der Waals surface area contributed by atoms with Gasteiger partial charge in [-0.05, 0) is 5.92 Å². The van der Waals surface area contributed by atoms with Crippen LogP contribution in [0.5, 0.6) is 0 Å². The maximum absolute atomic E-state index is 11.2. The molecule has 5 nitrogen and oxygen atoms in total. The molecule has 0 rings (SSSR count). The predicted octanol–water partition coefficient (Wildman–Crippen LogP) is 0.469. The van der Waals surface area contributed by atoms with Gasteiger partial charge in [0.15, 0.2) is 0 Å². The van der Waals surface area contributed by atoms with Crippen LogP contribution in [0.1, 0.15) is 13.8 Å². The van der Waals surface area contributed by atoms with Crippen molar-refractivity contribution in [3.05, 3.63) is 0 Å². The van der Waals surface area contributed by atoms with Crippen molar-refractivity contribution in [1.82, 2.24) is 5.32 Å². The minimum Gasteiger partial charge on any atom is -0.480 e. The summed E-state index contributed by atoms with van der Waals surface area (Å²) in [6.07, 6.45) is 0. The molecule has 15 heavy (non-hydrogen) atoms. The van der Waals surface area contributed by atoms with E-state index in [1.165, 1.54) is 0 Å². The lowest BCUT2D eigenvalue weighted by atomic mass is 10.1. The first kappa shape index (κ1) is 13.8. The smallest absolute Gasteiger partial charge is 0.326 e. The molecular weight excluding hydrogens is 216 g/mol. The Morgan fingerprint density at radius 2 is 2.13 bits per heavy atom. The van der Waals surface area contributed by atoms with Crippen LogP contribution >= 0.6 is 11.8 Å². The summed E-state index contributed by atoms with van der Waals surface area (Å²) in [5.74, 6) is -1.20. The van der Waals surface area contributed by atoms with Gasteiger partial charge in [-0.25, -0.2) is 4.79 Å². The van der Waals surface area contributed by atoms with Crippen molar-refractivity contribution in [2.24, 2.45) is 5.92 Å². The molecule has 2 N–H and O–H groups in total. The number of amides is 1. The summed E-state index contributed by atoms with van der Waals surface area (Å²) in [5.41, 5.74) is 0. The lowest BCUT2D eigenvalue weighted by molar-refractivity contribution is -0.142. The molecule has 0 saturated heterocycles. The first-order valence-electron chi connectivity index (χ1n) is 4.46. The van der Waals surface area contributed by atoms with E-state index in [9.17, 15) is 9.59 Å². The molecule has 0 heterocycles. The fraction of sp³-hybridized carbons (Fsp3) is 0.667. The van der Waals surface area contributed by atoms with E-state index in [1.54, 1.807) is 13.8 Å². The first-order valence-corrected chi connectivity index (χ1v) is 5.61. The Bertz CT molecular complexity index is 273. The number of nitrogens with one attached hydrogen (secondary N) is 1. The van der Waals surface area contributed by atoms with Crippen LogP contribution in [0.2, 0.25) is 0 Å². The highest BCUT2D eigenvalue weighted by atomic mass is 32.2. The largest absolute Gasteiger partial charge is 0.480 e. The maximum atomic E-state index is 11.2. The molecule has 0 aromatic rings. The Kier molecular flexibility index (Phi) is 6.54. The molecule has 1 amide bonds. The van der Waals surface area contributed by atoms with E-state index < -0.39 is 12.0 Å². The quantitative estimate of drug-likeness (QED) is 0.647. The van der Waals surface area contributed by atoms with Crippen molar-refractivity contribution < 1.29 is 14.7 Å². The van der Waals surface area contributed by atoms with E-state index in [0.717, 1.165) is 11.8 Å². The highest BCUT2D eigenvalue weighted by Gasteiger charge is 2.22. The second-order valence-corrected chi connectivity index (χ2v) is 4.26. The SMILES string of the molecule is CC(C)[C@@H](NC(=O)CSCC#N)C(=O)O. The molecule has 0 aliphatic rings. The van der Waals surface area contributed by atoms with E-state index in [1.807, 2.05) is 6.07 Å². The van der Waals surface area contributed by atoms with Gasteiger partial charge >= 0.3 is 5.97 Å². The highest BCUT2D eigenvalue weighted by Crippen LogP contribution is 2.03. The average Bonchev–Trinajstić information content (AvgIpc) is 2.13. The molecular formula is C9H14N2O3S. The number of hydrogen-bond donors (Lipinski definition) is 2. The van der Waals surface area contributed by atoms with E-state index in [2.05, 4.69) is 5.32 Å². The summed E-state index contributed by atoms with van der Waals surface area (Å²) in [6.45, 7) is 3.45. The molecule has 84 valence electrons. The Morgan fingerprint density at radius 3 is 2.53 bits per heavy atom. The fourth-order valence-electron chi connectivity index (χ4n) is 0.918. The Morgan fingerprint density at radius 1 is 1.53 bits per heavy atom. The van der Waals surface area contributed by atoms with Crippen LogP contribution in [-0.2, 0) is 9.59 Å². The van der Waals surface area contributed by atoms with E-state index in [-0.39, 0.29) is 23.3 Å². The van der Waals surface area contributed by atoms with Gasteiger partial charge in [0, 0.05) is 0 Å². The van der Waals surface area contributed by atoms with E-state index in [0.29, 0.717) is 0 Å². The van der Waals surface area contributed by atoms with Gasteiger partial charge in [-0.1, -0.05) is 13.8 Å². The van der Waals surface area contributed by atoms with Crippen molar-refractivity contribution in [2.75, 3.05) is 11.5 Å². The Balaban J connectivity index is 4.02. The molecule has 0 saturated carbocycles. The minimum absolute atomic E-state index is 0.115. The number of carboxylic acid groups (broad SMARTS) is 1. The van der Waals surface area contributed by atoms with Gasteiger partial charge in [0.1, 0.15) is 6.04 Å². The third-order valence-electron chi connectivity index (χ3n) is 1.65. The van der Waals surface area contributed by atoms with Crippen molar-refractivity contribution >= 4 is 23.6 Å². The maximum Gasteiger partial charge on any atom is 0.326 e. The summed E-state index contributed by atoms with van der Waals surface area (Å²) in [5, 5.41) is 19.4. The van der Waals surface area contributed by atoms with Crippen LogP contribution in [0.3, 0.4) is 0 Å². The standard InChI is InChI=1S/C9H14N2O3S/c1-6(2)8(9(13)14)11-7(12)5-15-4-3-10/h6,8H,4-5H2,1-2H3,(H,11,12)(H,13,14)/t8-/m1/s1. The van der Waals surface area contributed by atoms with Gasteiger partial charge in [0.05, 0.1) is 17.6 Å². The zero-order chi connectivity index (χ0) is 11.8. The zero-order valence-electron chi connectivity index (χ0n) is 8.69. The first-order chi connectivity index (χ1) is 6.99. The second-order valence-electron chi connectivity index (χ2n) is 3.28. The van der Waals surface area contributed by atoms with Gasteiger partial charge in [0.25, 0.3) is 0 Å². The van der Waals surface area contributed by atoms with Crippen LogP contribution in [0.4, 0.5) is 0 Å². The van der Waals surface area contributed by atoms with Gasteiger partial charge in [-0.15, -0.1) is 11.8 Å². The van der Waals surface area contributed by atoms with Gasteiger partial charge < -0.3 is 10.4 Å². The summed E-state index contributed by atoms with van der Waals surface area (Å²) >= 11 is 1.16. The topological polar surface area (TPSA) is 90.2 Å². The number of carbonyl (C=O) groups excluding carboxylic acids is 1. The molecule has 0 aromatic heterocycles. The van der Waals surface area contributed by atoms with Crippen molar-refractivity contribution in [1.29, 1.82) is 5.26 Å². The number of carboxylic acids is 1. The van der Waals surface area contributed by atoms with E-state index in [4.69, 9.17) is 10.4 Å². The number of hydrogen-bond acceptors (Lipinski definition) is 4. The Labute approximate surface area is 92.8 Å². The van der Waals surface area contributed by atoms with Gasteiger partial charge in [-0.2, -0.15) is 5.26 Å². The van der Waals surface area contributed by atoms with Crippen LogP contribution in [0, 0.1) is 17.2 Å². The molecule has 0 spiro atoms. The van der Waals surface area contributed by atoms with Crippen molar-refractivity contribution in [3.63, 3.8) is 0 Å². The third-order valence-corrected chi connectivity index (χ3v) is 2.45. The highest BCUT2D eigenvalue weighted by molar-refractivity contribution is 8.00. The third kappa shape index (κ3) is 5.96. The van der Waals surface area contributed by atoms with Crippen LogP contribution in [0.15, 0.2) is 0 Å². The number of carbonyl (C=O) groups is 2. The molecule has 1 atom stereocenters. The zero-order valence-corrected chi connectivity index (χ0v) is 9.50. The second kappa shape index (κ2) is 7.12. The summed E-state index contributed by atoms with van der Waals surface area (Å²) < 4.78 is 0. The lowest BCUT2D eigenvalue weighted by Crippen LogP contribution is -2.45. The molecule has 0 aromatic carbocycles. The van der Waals surface area contributed by atoms with E-state index >= 15 is 0 Å². The van der Waals surface area contributed by atoms with Gasteiger partial charge in [0.2, 0.25) is 5.91 Å². The van der Waals surface area contributed by atoms with Crippen LogP contribution < -0.4 is 5.32 Å². The number of aliphatic carboxylic acids is 1. The monoisotopic (exact) mass is 230 g/mol. The lowest BCUT2D eigenvalue weighted by Gasteiger charge is -2.17. The van der Waals surface area contributed by atoms with Gasteiger partial charge in [-0.3, -0.25) is 4.79 Å². The molecule has 0 aliphatic carbocycles. The summed E-state index contributed by atoms with van der Waals surface area (Å²) in [4.78, 5) is 22.0. The van der Waals surface area contributed by atoms with Crippen LogP contribution in [-0.4, -0.2) is 34.5 Å². The van der Waals surface area contributed by atoms with Crippen molar-refractivity contribution in [3.8, 4) is 6.07 Å². The molecule has 0 aliphatic heterocycles. The summed E-state index contributed by atoms with van der Waals surface area (Å²) in [7, 11) is 0. The number of thioether (sulfide) groups is 1. The average molecular weight is 230 g/mol.